The molecule has 6 heteroatoms. The van der Waals surface area contributed by atoms with Crippen LogP contribution in [0.25, 0.3) is 0 Å². The van der Waals surface area contributed by atoms with Crippen molar-refractivity contribution in [1.29, 1.82) is 0 Å². The predicted molar refractivity (Wildman–Crippen MR) is 94.4 cm³/mol. The summed E-state index contributed by atoms with van der Waals surface area (Å²) in [5.74, 6) is 0.393. The first-order valence-electron chi connectivity index (χ1n) is 7.92. The van der Waals surface area contributed by atoms with Crippen molar-refractivity contribution in [3.05, 3.63) is 59.2 Å². The number of ether oxygens (including phenoxy) is 2. The van der Waals surface area contributed by atoms with Gasteiger partial charge in [-0.15, -0.1) is 0 Å². The van der Waals surface area contributed by atoms with E-state index >= 15 is 0 Å². The van der Waals surface area contributed by atoms with E-state index in [2.05, 4.69) is 10.9 Å². The average Bonchev–Trinajstić information content (AvgIpc) is 2.59. The van der Waals surface area contributed by atoms with Crippen LogP contribution in [-0.2, 0) is 9.59 Å². The van der Waals surface area contributed by atoms with Crippen LogP contribution in [0.15, 0.2) is 42.5 Å². The molecule has 2 N–H and O–H groups in total. The van der Waals surface area contributed by atoms with Gasteiger partial charge in [0, 0.05) is 0 Å². The van der Waals surface area contributed by atoms with Crippen LogP contribution >= 0.6 is 0 Å². The van der Waals surface area contributed by atoms with Gasteiger partial charge in [0.15, 0.2) is 13.2 Å². The Bertz CT molecular complexity index is 739. The predicted octanol–water partition coefficient (Wildman–Crippen LogP) is 2.22. The highest BCUT2D eigenvalue weighted by molar-refractivity contribution is 5.83. The zero-order chi connectivity index (χ0) is 18.2. The van der Waals surface area contributed by atoms with Gasteiger partial charge in [-0.1, -0.05) is 36.4 Å². The van der Waals surface area contributed by atoms with Gasteiger partial charge in [-0.05, 0) is 43.5 Å². The molecule has 0 aliphatic carbocycles. The van der Waals surface area contributed by atoms with Gasteiger partial charge >= 0.3 is 0 Å². The lowest BCUT2D eigenvalue weighted by Gasteiger charge is -2.13. The first-order chi connectivity index (χ1) is 12.0. The number of nitrogens with one attached hydrogen (secondary N) is 2. The van der Waals surface area contributed by atoms with E-state index in [0.717, 1.165) is 16.7 Å². The van der Waals surface area contributed by atoms with Gasteiger partial charge in [-0.3, -0.25) is 20.4 Å². The van der Waals surface area contributed by atoms with Crippen molar-refractivity contribution >= 4 is 11.8 Å². The first-order valence-corrected chi connectivity index (χ1v) is 7.92. The molecule has 2 rings (SSSR count). The Morgan fingerprint density at radius 2 is 1.28 bits per heavy atom. The van der Waals surface area contributed by atoms with Crippen molar-refractivity contribution in [3.8, 4) is 11.5 Å². The fourth-order valence-electron chi connectivity index (χ4n) is 2.24. The summed E-state index contributed by atoms with van der Waals surface area (Å²) in [6.07, 6.45) is 0. The van der Waals surface area contributed by atoms with Crippen molar-refractivity contribution in [1.82, 2.24) is 10.9 Å². The third kappa shape index (κ3) is 5.53. The van der Waals surface area contributed by atoms with E-state index in [9.17, 15) is 9.59 Å². The van der Waals surface area contributed by atoms with E-state index in [0.29, 0.717) is 11.5 Å². The lowest BCUT2D eigenvalue weighted by atomic mass is 10.1. The van der Waals surface area contributed by atoms with Gasteiger partial charge < -0.3 is 9.47 Å². The monoisotopic (exact) mass is 342 g/mol. The molecule has 132 valence electrons. The van der Waals surface area contributed by atoms with Crippen LogP contribution in [0.1, 0.15) is 16.7 Å². The molecule has 0 fully saturated rings. The third-order valence-electron chi connectivity index (χ3n) is 3.55. The van der Waals surface area contributed by atoms with E-state index in [-0.39, 0.29) is 13.2 Å². The number of hydrogen-bond donors (Lipinski definition) is 2. The largest absolute Gasteiger partial charge is 0.483 e. The summed E-state index contributed by atoms with van der Waals surface area (Å²) in [6, 6.07) is 13.1. The molecule has 0 bridgehead atoms. The first kappa shape index (κ1) is 18.3. The second kappa shape index (κ2) is 8.73. The lowest BCUT2D eigenvalue weighted by Crippen LogP contribution is -2.45. The highest BCUT2D eigenvalue weighted by Crippen LogP contribution is 2.22. The third-order valence-corrected chi connectivity index (χ3v) is 3.55. The SMILES string of the molecule is Cc1ccccc1OCC(=O)NNC(=O)COc1c(C)cccc1C. The molecule has 0 aliphatic rings. The van der Waals surface area contributed by atoms with Crippen LogP contribution in [0.4, 0.5) is 0 Å². The standard InChI is InChI=1S/C19H22N2O4/c1-13-7-4-5-10-16(13)24-11-17(22)20-21-18(23)12-25-19-14(2)8-6-9-15(19)3/h4-10H,11-12H2,1-3H3,(H,20,22)(H,21,23). The van der Waals surface area contributed by atoms with Crippen LogP contribution in [0.5, 0.6) is 11.5 Å². The number of hydrazine groups is 1. The Balaban J connectivity index is 1.72. The highest BCUT2D eigenvalue weighted by Gasteiger charge is 2.09. The van der Waals surface area contributed by atoms with Crippen LogP contribution in [-0.4, -0.2) is 25.0 Å². The van der Waals surface area contributed by atoms with E-state index in [1.165, 1.54) is 0 Å². The van der Waals surface area contributed by atoms with Crippen molar-refractivity contribution in [3.63, 3.8) is 0 Å². The summed E-state index contributed by atoms with van der Waals surface area (Å²) in [5, 5.41) is 0. The van der Waals surface area contributed by atoms with E-state index in [1.807, 2.05) is 57.2 Å². The number of carbonyl (C=O) groups excluding carboxylic acids is 2. The van der Waals surface area contributed by atoms with Crippen LogP contribution in [0.3, 0.4) is 0 Å². The molecule has 0 heterocycles. The van der Waals surface area contributed by atoms with Crippen molar-refractivity contribution in [2.75, 3.05) is 13.2 Å². The summed E-state index contributed by atoms with van der Waals surface area (Å²) in [7, 11) is 0. The van der Waals surface area contributed by atoms with Gasteiger partial charge in [0.2, 0.25) is 0 Å². The molecule has 6 nitrogen and oxygen atoms in total. The Morgan fingerprint density at radius 3 is 1.88 bits per heavy atom. The van der Waals surface area contributed by atoms with Crippen molar-refractivity contribution in [2.45, 2.75) is 20.8 Å². The average molecular weight is 342 g/mol. The maximum atomic E-state index is 11.8. The number of para-hydroxylation sites is 2. The Labute approximate surface area is 147 Å². The van der Waals surface area contributed by atoms with E-state index < -0.39 is 11.8 Å². The molecule has 2 aromatic rings. The smallest absolute Gasteiger partial charge is 0.276 e. The molecule has 2 aromatic carbocycles. The quantitative estimate of drug-likeness (QED) is 0.789. The summed E-state index contributed by atoms with van der Waals surface area (Å²) in [6.45, 7) is 5.32. The highest BCUT2D eigenvalue weighted by atomic mass is 16.5. The van der Waals surface area contributed by atoms with Crippen LogP contribution in [0, 0.1) is 20.8 Å². The van der Waals surface area contributed by atoms with E-state index in [1.54, 1.807) is 6.07 Å². The molecule has 2 amide bonds. The van der Waals surface area contributed by atoms with Gasteiger partial charge in [-0.25, -0.2) is 0 Å². The number of hydrogen-bond acceptors (Lipinski definition) is 4. The fourth-order valence-corrected chi connectivity index (χ4v) is 2.24. The molecule has 0 atom stereocenters. The molecule has 0 saturated carbocycles. The number of amides is 2. The number of aryl methyl sites for hydroxylation is 3. The van der Waals surface area contributed by atoms with Crippen molar-refractivity contribution < 1.29 is 19.1 Å². The topological polar surface area (TPSA) is 76.7 Å². The van der Waals surface area contributed by atoms with Crippen molar-refractivity contribution in [2.24, 2.45) is 0 Å². The minimum Gasteiger partial charge on any atom is -0.483 e. The summed E-state index contributed by atoms with van der Waals surface area (Å²) in [4.78, 5) is 23.5. The number of rotatable bonds is 6. The fraction of sp³-hybridized carbons (Fsp3) is 0.263. The molecule has 0 radical (unpaired) electrons. The van der Waals surface area contributed by atoms with Gasteiger partial charge in [-0.2, -0.15) is 0 Å². The molecular formula is C19H22N2O4. The molecule has 0 spiro atoms. The normalized spacial score (nSPS) is 10.0. The van der Waals surface area contributed by atoms with Gasteiger partial charge in [0.1, 0.15) is 11.5 Å². The zero-order valence-electron chi connectivity index (χ0n) is 14.6. The van der Waals surface area contributed by atoms with Crippen LogP contribution in [0.2, 0.25) is 0 Å². The second-order valence-electron chi connectivity index (χ2n) is 5.66. The summed E-state index contributed by atoms with van der Waals surface area (Å²) >= 11 is 0. The molecular weight excluding hydrogens is 320 g/mol. The lowest BCUT2D eigenvalue weighted by molar-refractivity contribution is -0.131. The zero-order valence-corrected chi connectivity index (χ0v) is 14.6. The molecule has 25 heavy (non-hydrogen) atoms. The minimum absolute atomic E-state index is 0.190. The Kier molecular flexibility index (Phi) is 6.39. The molecule has 0 aromatic heterocycles. The maximum absolute atomic E-state index is 11.8. The number of carbonyl (C=O) groups is 2. The van der Waals surface area contributed by atoms with Gasteiger partial charge in [0.25, 0.3) is 11.8 Å². The maximum Gasteiger partial charge on any atom is 0.276 e. The van der Waals surface area contributed by atoms with Crippen LogP contribution < -0.4 is 20.3 Å². The molecule has 0 aliphatic heterocycles. The molecule has 0 unspecified atom stereocenters. The summed E-state index contributed by atoms with van der Waals surface area (Å²) in [5.41, 5.74) is 7.42. The Hall–Kier alpha value is -3.02. The Morgan fingerprint density at radius 1 is 0.760 bits per heavy atom. The number of benzene rings is 2. The minimum atomic E-state index is -0.455. The summed E-state index contributed by atoms with van der Waals surface area (Å²) < 4.78 is 10.9. The van der Waals surface area contributed by atoms with E-state index in [4.69, 9.17) is 9.47 Å². The van der Waals surface area contributed by atoms with Gasteiger partial charge in [0.05, 0.1) is 0 Å². The second-order valence-corrected chi connectivity index (χ2v) is 5.66. The molecule has 0 saturated heterocycles.